The Balaban J connectivity index is 2.19. The van der Waals surface area contributed by atoms with E-state index in [1.165, 1.54) is 23.8 Å². The summed E-state index contributed by atoms with van der Waals surface area (Å²) in [6.45, 7) is 10.9. The van der Waals surface area contributed by atoms with Gasteiger partial charge >= 0.3 is 0 Å². The molecule has 0 amide bonds. The first-order chi connectivity index (χ1) is 9.51. The molecule has 2 rings (SSSR count). The molecular formula is C18H27NO. The zero-order valence-electron chi connectivity index (χ0n) is 13.3. The van der Waals surface area contributed by atoms with Gasteiger partial charge in [0, 0.05) is 30.5 Å². The highest BCUT2D eigenvalue weighted by molar-refractivity contribution is 5.82. The summed E-state index contributed by atoms with van der Waals surface area (Å²) in [6.07, 6.45) is 3.43. The lowest BCUT2D eigenvalue weighted by Gasteiger charge is -2.18. The largest absolute Gasteiger partial charge is 0.461 e. The molecule has 0 aliphatic carbocycles. The van der Waals surface area contributed by atoms with Gasteiger partial charge in [-0.3, -0.25) is 0 Å². The molecule has 0 bridgehead atoms. The first kappa shape index (κ1) is 15.1. The van der Waals surface area contributed by atoms with Crippen LogP contribution in [-0.2, 0) is 13.0 Å². The molecule has 1 N–H and O–H groups in total. The standard InChI is InChI=1S/C18H27NO/c1-5-6-10-17-15(12-19-13-18(2,3)4)14-9-7-8-11-16(14)20-17/h7-9,11,19H,5-6,10,12-13H2,1-4H3. The molecule has 0 saturated carbocycles. The highest BCUT2D eigenvalue weighted by atomic mass is 16.3. The molecule has 0 aliphatic heterocycles. The van der Waals surface area contributed by atoms with Crippen molar-refractivity contribution in [3.63, 3.8) is 0 Å². The first-order valence-corrected chi connectivity index (χ1v) is 7.71. The number of furan rings is 1. The number of benzene rings is 1. The van der Waals surface area contributed by atoms with E-state index in [1.54, 1.807) is 0 Å². The summed E-state index contributed by atoms with van der Waals surface area (Å²) < 4.78 is 6.04. The Bertz CT molecular complexity index is 548. The Hall–Kier alpha value is -1.28. The zero-order valence-corrected chi connectivity index (χ0v) is 13.3. The van der Waals surface area contributed by atoms with Crippen LogP contribution in [0.2, 0.25) is 0 Å². The molecule has 0 unspecified atom stereocenters. The highest BCUT2D eigenvalue weighted by Crippen LogP contribution is 2.27. The molecule has 0 atom stereocenters. The van der Waals surface area contributed by atoms with Gasteiger partial charge in [0.05, 0.1) is 0 Å². The molecule has 0 aliphatic rings. The van der Waals surface area contributed by atoms with Gasteiger partial charge in [-0.05, 0) is 17.9 Å². The predicted molar refractivity (Wildman–Crippen MR) is 86.0 cm³/mol. The summed E-state index contributed by atoms with van der Waals surface area (Å²) in [6, 6.07) is 8.37. The third kappa shape index (κ3) is 3.86. The number of nitrogens with one attached hydrogen (secondary N) is 1. The molecule has 2 aromatic rings. The summed E-state index contributed by atoms with van der Waals surface area (Å²) in [5.41, 5.74) is 2.67. The Morgan fingerprint density at radius 3 is 2.60 bits per heavy atom. The smallest absolute Gasteiger partial charge is 0.134 e. The van der Waals surface area contributed by atoms with E-state index in [0.29, 0.717) is 5.41 Å². The monoisotopic (exact) mass is 273 g/mol. The second kappa shape index (κ2) is 6.45. The van der Waals surface area contributed by atoms with E-state index in [4.69, 9.17) is 4.42 Å². The fraction of sp³-hybridized carbons (Fsp3) is 0.556. The summed E-state index contributed by atoms with van der Waals surface area (Å²) in [5.74, 6) is 1.16. The SMILES string of the molecule is CCCCc1oc2ccccc2c1CNCC(C)(C)C. The number of hydrogen-bond donors (Lipinski definition) is 1. The van der Waals surface area contributed by atoms with E-state index < -0.39 is 0 Å². The normalized spacial score (nSPS) is 12.2. The molecule has 0 spiro atoms. The molecule has 2 nitrogen and oxygen atoms in total. The van der Waals surface area contributed by atoms with Crippen LogP contribution in [0.25, 0.3) is 11.0 Å². The predicted octanol–water partition coefficient (Wildman–Crippen LogP) is 4.91. The Labute approximate surface area is 122 Å². The number of unbranched alkanes of at least 4 members (excludes halogenated alkanes) is 1. The maximum Gasteiger partial charge on any atom is 0.134 e. The van der Waals surface area contributed by atoms with Gasteiger partial charge in [0.25, 0.3) is 0 Å². The molecule has 0 saturated heterocycles. The average molecular weight is 273 g/mol. The van der Waals surface area contributed by atoms with Crippen molar-refractivity contribution in [2.24, 2.45) is 5.41 Å². The fourth-order valence-electron chi connectivity index (χ4n) is 2.45. The summed E-state index contributed by atoms with van der Waals surface area (Å²) in [4.78, 5) is 0. The van der Waals surface area contributed by atoms with Gasteiger partial charge in [-0.1, -0.05) is 52.3 Å². The van der Waals surface area contributed by atoms with Crippen LogP contribution in [0.3, 0.4) is 0 Å². The Morgan fingerprint density at radius 1 is 1.15 bits per heavy atom. The van der Waals surface area contributed by atoms with Gasteiger partial charge in [-0.25, -0.2) is 0 Å². The van der Waals surface area contributed by atoms with Crippen LogP contribution < -0.4 is 5.32 Å². The molecule has 1 aromatic carbocycles. The molecule has 0 fully saturated rings. The second-order valence-corrected chi connectivity index (χ2v) is 6.77. The molecular weight excluding hydrogens is 246 g/mol. The van der Waals surface area contributed by atoms with E-state index >= 15 is 0 Å². The highest BCUT2D eigenvalue weighted by Gasteiger charge is 2.15. The lowest BCUT2D eigenvalue weighted by atomic mass is 9.97. The fourth-order valence-corrected chi connectivity index (χ4v) is 2.45. The van der Waals surface area contributed by atoms with Crippen molar-refractivity contribution < 1.29 is 4.42 Å². The molecule has 1 heterocycles. The van der Waals surface area contributed by atoms with Gasteiger partial charge in [0.15, 0.2) is 0 Å². The maximum absolute atomic E-state index is 6.04. The van der Waals surface area contributed by atoms with Gasteiger partial charge in [-0.2, -0.15) is 0 Å². The lowest BCUT2D eigenvalue weighted by Crippen LogP contribution is -2.26. The van der Waals surface area contributed by atoms with Crippen molar-refractivity contribution in [2.45, 2.75) is 53.5 Å². The van der Waals surface area contributed by atoms with Crippen LogP contribution in [0.1, 0.15) is 51.9 Å². The average Bonchev–Trinajstić information content (AvgIpc) is 2.73. The Kier molecular flexibility index (Phi) is 4.87. The van der Waals surface area contributed by atoms with Crippen molar-refractivity contribution in [2.75, 3.05) is 6.54 Å². The van der Waals surface area contributed by atoms with E-state index in [2.05, 4.69) is 51.2 Å². The molecule has 110 valence electrons. The first-order valence-electron chi connectivity index (χ1n) is 7.71. The minimum Gasteiger partial charge on any atom is -0.461 e. The van der Waals surface area contributed by atoms with Crippen LogP contribution in [0.5, 0.6) is 0 Å². The third-order valence-electron chi connectivity index (χ3n) is 3.50. The van der Waals surface area contributed by atoms with Crippen molar-refractivity contribution in [1.29, 1.82) is 0 Å². The Morgan fingerprint density at radius 2 is 1.90 bits per heavy atom. The number of para-hydroxylation sites is 1. The van der Waals surface area contributed by atoms with E-state index in [-0.39, 0.29) is 0 Å². The van der Waals surface area contributed by atoms with Crippen molar-refractivity contribution in [3.8, 4) is 0 Å². The number of rotatable bonds is 6. The molecule has 20 heavy (non-hydrogen) atoms. The quantitative estimate of drug-likeness (QED) is 0.809. The van der Waals surface area contributed by atoms with Gasteiger partial charge in [0.1, 0.15) is 11.3 Å². The topological polar surface area (TPSA) is 25.2 Å². The summed E-state index contributed by atoms with van der Waals surface area (Å²) in [5, 5.41) is 4.84. The lowest BCUT2D eigenvalue weighted by molar-refractivity contribution is 0.378. The van der Waals surface area contributed by atoms with E-state index in [9.17, 15) is 0 Å². The van der Waals surface area contributed by atoms with Gasteiger partial charge in [0.2, 0.25) is 0 Å². The number of hydrogen-bond acceptors (Lipinski definition) is 2. The molecule has 2 heteroatoms. The van der Waals surface area contributed by atoms with E-state index in [0.717, 1.165) is 30.9 Å². The van der Waals surface area contributed by atoms with Crippen LogP contribution in [-0.4, -0.2) is 6.54 Å². The van der Waals surface area contributed by atoms with Crippen molar-refractivity contribution >= 4 is 11.0 Å². The van der Waals surface area contributed by atoms with Crippen LogP contribution in [0, 0.1) is 5.41 Å². The molecule has 1 aromatic heterocycles. The molecule has 0 radical (unpaired) electrons. The zero-order chi connectivity index (χ0) is 14.6. The summed E-state index contributed by atoms with van der Waals surface area (Å²) in [7, 11) is 0. The van der Waals surface area contributed by atoms with Crippen LogP contribution >= 0.6 is 0 Å². The van der Waals surface area contributed by atoms with Crippen LogP contribution in [0.4, 0.5) is 0 Å². The minimum atomic E-state index is 0.309. The third-order valence-corrected chi connectivity index (χ3v) is 3.50. The summed E-state index contributed by atoms with van der Waals surface area (Å²) >= 11 is 0. The van der Waals surface area contributed by atoms with Crippen molar-refractivity contribution in [3.05, 3.63) is 35.6 Å². The van der Waals surface area contributed by atoms with Gasteiger partial charge < -0.3 is 9.73 Å². The van der Waals surface area contributed by atoms with Crippen LogP contribution in [0.15, 0.2) is 28.7 Å². The maximum atomic E-state index is 6.04. The van der Waals surface area contributed by atoms with E-state index in [1.807, 2.05) is 6.07 Å². The second-order valence-electron chi connectivity index (χ2n) is 6.77. The minimum absolute atomic E-state index is 0.309. The van der Waals surface area contributed by atoms with Gasteiger partial charge in [-0.15, -0.1) is 0 Å². The number of aryl methyl sites for hydroxylation is 1. The van der Waals surface area contributed by atoms with Crippen molar-refractivity contribution in [1.82, 2.24) is 5.32 Å². The number of fused-ring (bicyclic) bond motifs is 1.